The van der Waals surface area contributed by atoms with Crippen molar-refractivity contribution in [2.45, 2.75) is 11.1 Å². The minimum atomic E-state index is -4.62. The number of benzene rings is 2. The van der Waals surface area contributed by atoms with Crippen LogP contribution in [0.5, 0.6) is 5.75 Å². The van der Waals surface area contributed by atoms with E-state index in [4.69, 9.17) is 4.74 Å². The zero-order chi connectivity index (χ0) is 23.1. The molecule has 0 aliphatic heterocycles. The Bertz CT molecular complexity index is 1390. The quantitative estimate of drug-likeness (QED) is 0.369. The first kappa shape index (κ1) is 22.1. The summed E-state index contributed by atoms with van der Waals surface area (Å²) in [5.74, 6) is 0.378. The van der Waals surface area contributed by atoms with Crippen molar-refractivity contribution in [1.29, 1.82) is 0 Å². The Hall–Kier alpha value is -3.11. The summed E-state index contributed by atoms with van der Waals surface area (Å²) in [6, 6.07) is 15.8. The molecule has 0 spiro atoms. The van der Waals surface area contributed by atoms with E-state index in [1.165, 1.54) is 29.2 Å². The van der Waals surface area contributed by atoms with Gasteiger partial charge < -0.3 is 4.74 Å². The second kappa shape index (κ2) is 8.10. The Morgan fingerprint density at radius 1 is 1.00 bits per heavy atom. The van der Waals surface area contributed by atoms with Crippen molar-refractivity contribution in [1.82, 2.24) is 9.78 Å². The maximum atomic E-state index is 13.5. The second-order valence-corrected chi connectivity index (χ2v) is 9.92. The molecule has 0 atom stereocenters. The predicted octanol–water partition coefficient (Wildman–Crippen LogP) is 5.70. The summed E-state index contributed by atoms with van der Waals surface area (Å²) in [7, 11) is -1.96. The largest absolute Gasteiger partial charge is 0.494 e. The molecule has 4 aromatic rings. The topological polar surface area (TPSA) is 61.2 Å². The number of aromatic nitrogens is 2. The normalized spacial score (nSPS) is 12.2. The fourth-order valence-corrected chi connectivity index (χ4v) is 4.80. The van der Waals surface area contributed by atoms with Crippen LogP contribution in [-0.2, 0) is 16.0 Å². The first-order valence-corrected chi connectivity index (χ1v) is 12.0. The van der Waals surface area contributed by atoms with Gasteiger partial charge in [0.2, 0.25) is 0 Å². The Morgan fingerprint density at radius 3 is 2.44 bits per heavy atom. The van der Waals surface area contributed by atoms with Crippen LogP contribution >= 0.6 is 11.3 Å². The van der Waals surface area contributed by atoms with Crippen molar-refractivity contribution >= 4 is 21.2 Å². The Labute approximate surface area is 186 Å². The molecule has 0 saturated heterocycles. The average molecular weight is 479 g/mol. The van der Waals surface area contributed by atoms with Gasteiger partial charge in [-0.05, 0) is 52.9 Å². The number of thiophene rings is 1. The third-order valence-corrected chi connectivity index (χ3v) is 6.82. The van der Waals surface area contributed by atoms with E-state index in [9.17, 15) is 21.6 Å². The molecule has 0 unspecified atom stereocenters. The van der Waals surface area contributed by atoms with Gasteiger partial charge in [0.05, 0.1) is 22.6 Å². The van der Waals surface area contributed by atoms with Gasteiger partial charge in [0.25, 0.3) is 0 Å². The molecule has 0 saturated carbocycles. The second-order valence-electron chi connectivity index (χ2n) is 7.00. The van der Waals surface area contributed by atoms with Gasteiger partial charge in [-0.15, -0.1) is 11.3 Å². The molecule has 32 heavy (non-hydrogen) atoms. The van der Waals surface area contributed by atoms with E-state index in [-0.39, 0.29) is 10.6 Å². The molecule has 10 heteroatoms. The maximum absolute atomic E-state index is 13.5. The first-order valence-electron chi connectivity index (χ1n) is 9.28. The number of para-hydroxylation sites is 2. The van der Waals surface area contributed by atoms with E-state index in [1.54, 1.807) is 53.9 Å². The molecule has 166 valence electrons. The van der Waals surface area contributed by atoms with Crippen LogP contribution in [0, 0.1) is 0 Å². The lowest BCUT2D eigenvalue weighted by Crippen LogP contribution is -2.08. The number of methoxy groups -OCH3 is 1. The standard InChI is InChI=1S/C22H17F3N2O3S2/c1-30-19-9-4-3-8-17(19)27-18(12-21(26-27)22(23,24)25)20-11-15(13-31-20)14-6-5-7-16(10-14)32(2,28)29/h3-13H,1-2H3. The minimum Gasteiger partial charge on any atom is -0.494 e. The van der Waals surface area contributed by atoms with Crippen molar-refractivity contribution < 1.29 is 26.3 Å². The van der Waals surface area contributed by atoms with Crippen LogP contribution in [0.25, 0.3) is 27.4 Å². The molecule has 4 rings (SSSR count). The van der Waals surface area contributed by atoms with Gasteiger partial charge in [-0.2, -0.15) is 18.3 Å². The van der Waals surface area contributed by atoms with Crippen LogP contribution < -0.4 is 4.74 Å². The molecular weight excluding hydrogens is 461 g/mol. The molecule has 2 aromatic heterocycles. The molecule has 0 bridgehead atoms. The number of alkyl halides is 3. The predicted molar refractivity (Wildman–Crippen MR) is 117 cm³/mol. The lowest BCUT2D eigenvalue weighted by atomic mass is 10.1. The number of hydrogen-bond acceptors (Lipinski definition) is 5. The monoisotopic (exact) mass is 478 g/mol. The summed E-state index contributed by atoms with van der Waals surface area (Å²) in [4.78, 5) is 0.708. The van der Waals surface area contributed by atoms with Gasteiger partial charge >= 0.3 is 6.18 Å². The molecule has 5 nitrogen and oxygen atoms in total. The van der Waals surface area contributed by atoms with Crippen LogP contribution in [0.15, 0.2) is 70.9 Å². The molecule has 0 aliphatic rings. The van der Waals surface area contributed by atoms with Crippen molar-refractivity contribution in [3.63, 3.8) is 0 Å². The van der Waals surface area contributed by atoms with Gasteiger partial charge in [0.15, 0.2) is 15.5 Å². The average Bonchev–Trinajstić information content (AvgIpc) is 3.40. The van der Waals surface area contributed by atoms with Crippen molar-refractivity contribution in [3.05, 3.63) is 71.7 Å². The summed E-state index contributed by atoms with van der Waals surface area (Å²) in [5, 5.41) is 5.57. The fourth-order valence-electron chi connectivity index (χ4n) is 3.21. The van der Waals surface area contributed by atoms with Crippen LogP contribution in [0.4, 0.5) is 13.2 Å². The highest BCUT2D eigenvalue weighted by atomic mass is 32.2. The minimum absolute atomic E-state index is 0.168. The summed E-state index contributed by atoms with van der Waals surface area (Å²) < 4.78 is 70.7. The molecule has 0 radical (unpaired) electrons. The van der Waals surface area contributed by atoms with Crippen LogP contribution in [0.3, 0.4) is 0 Å². The summed E-state index contributed by atoms with van der Waals surface area (Å²) >= 11 is 1.24. The highest BCUT2D eigenvalue weighted by molar-refractivity contribution is 7.90. The van der Waals surface area contributed by atoms with Crippen molar-refractivity contribution in [2.75, 3.05) is 13.4 Å². The zero-order valence-corrected chi connectivity index (χ0v) is 18.6. The number of sulfone groups is 1. The number of ether oxygens (including phenoxy) is 1. The highest BCUT2D eigenvalue weighted by Crippen LogP contribution is 2.39. The van der Waals surface area contributed by atoms with E-state index >= 15 is 0 Å². The van der Waals surface area contributed by atoms with Crippen LogP contribution in [-0.4, -0.2) is 31.6 Å². The molecular formula is C22H17F3N2O3S2. The Morgan fingerprint density at radius 2 is 1.75 bits per heavy atom. The molecule has 0 aliphatic carbocycles. The fraction of sp³-hybridized carbons (Fsp3) is 0.136. The van der Waals surface area contributed by atoms with Gasteiger partial charge in [0, 0.05) is 6.26 Å². The van der Waals surface area contributed by atoms with Gasteiger partial charge in [0.1, 0.15) is 11.4 Å². The number of nitrogens with zero attached hydrogens (tertiary/aromatic N) is 2. The van der Waals surface area contributed by atoms with E-state index < -0.39 is 21.7 Å². The van der Waals surface area contributed by atoms with Crippen molar-refractivity contribution in [2.24, 2.45) is 0 Å². The summed E-state index contributed by atoms with van der Waals surface area (Å²) in [5.41, 5.74) is 0.936. The van der Waals surface area contributed by atoms with Crippen LogP contribution in [0.1, 0.15) is 5.69 Å². The van der Waals surface area contributed by atoms with E-state index in [1.807, 2.05) is 0 Å². The zero-order valence-electron chi connectivity index (χ0n) is 16.9. The Balaban J connectivity index is 1.85. The summed E-state index contributed by atoms with van der Waals surface area (Å²) in [6.07, 6.45) is -3.50. The van der Waals surface area contributed by atoms with E-state index in [2.05, 4.69) is 5.10 Å². The lowest BCUT2D eigenvalue weighted by molar-refractivity contribution is -0.141. The van der Waals surface area contributed by atoms with Crippen LogP contribution in [0.2, 0.25) is 0 Å². The number of rotatable bonds is 5. The molecule has 2 heterocycles. The smallest absolute Gasteiger partial charge is 0.435 e. The third kappa shape index (κ3) is 4.28. The Kier molecular flexibility index (Phi) is 5.59. The van der Waals surface area contributed by atoms with Gasteiger partial charge in [-0.25, -0.2) is 13.1 Å². The first-order chi connectivity index (χ1) is 15.1. The number of hydrogen-bond donors (Lipinski definition) is 0. The SMILES string of the molecule is COc1ccccc1-n1nc(C(F)(F)F)cc1-c1cc(-c2cccc(S(C)(=O)=O)c2)cs1. The van der Waals surface area contributed by atoms with Crippen molar-refractivity contribution in [3.8, 4) is 33.1 Å². The highest BCUT2D eigenvalue weighted by Gasteiger charge is 2.35. The molecule has 0 amide bonds. The third-order valence-electron chi connectivity index (χ3n) is 4.76. The summed E-state index contributed by atoms with van der Waals surface area (Å²) in [6.45, 7) is 0. The van der Waals surface area contributed by atoms with Gasteiger partial charge in [-0.3, -0.25) is 0 Å². The maximum Gasteiger partial charge on any atom is 0.435 e. The van der Waals surface area contributed by atoms with Gasteiger partial charge in [-0.1, -0.05) is 24.3 Å². The lowest BCUT2D eigenvalue weighted by Gasteiger charge is -2.10. The van der Waals surface area contributed by atoms with E-state index in [0.29, 0.717) is 27.4 Å². The molecule has 0 fully saturated rings. The van der Waals surface area contributed by atoms with E-state index in [0.717, 1.165) is 12.3 Å². The number of halogens is 3. The molecule has 2 aromatic carbocycles. The molecule has 0 N–H and O–H groups in total.